The molecule has 2 unspecified atom stereocenters. The van der Waals surface area contributed by atoms with Gasteiger partial charge in [-0.2, -0.15) is 5.12 Å². The summed E-state index contributed by atoms with van der Waals surface area (Å²) < 4.78 is 0. The van der Waals surface area contributed by atoms with Crippen LogP contribution in [0.4, 0.5) is 0 Å². The second kappa shape index (κ2) is 3.04. The summed E-state index contributed by atoms with van der Waals surface area (Å²) in [6.07, 6.45) is 3.85. The number of rotatable bonds is 1. The number of hydrogen-bond acceptors (Lipinski definition) is 5. The Balaban J connectivity index is 2.64. The van der Waals surface area contributed by atoms with Gasteiger partial charge in [0, 0.05) is 6.04 Å². The first-order chi connectivity index (χ1) is 5.07. The molecule has 0 aromatic heterocycles. The minimum Gasteiger partial charge on any atom is -0.325 e. The smallest absolute Gasteiger partial charge is 0.112 e. The average Bonchev–Trinajstić information content (AvgIpc) is 1.95. The van der Waals surface area contributed by atoms with Gasteiger partial charge >= 0.3 is 0 Å². The first kappa shape index (κ1) is 8.89. The minimum atomic E-state index is -0.696. The molecule has 0 spiro atoms. The second-order valence-electron chi connectivity index (χ2n) is 3.25. The molecule has 5 heteroatoms. The molecule has 1 rings (SSSR count). The lowest BCUT2D eigenvalue weighted by Gasteiger charge is -2.42. The van der Waals surface area contributed by atoms with Crippen molar-refractivity contribution in [3.05, 3.63) is 0 Å². The first-order valence-corrected chi connectivity index (χ1v) is 3.91. The molecule has 0 heterocycles. The maximum atomic E-state index is 5.90. The lowest BCUT2D eigenvalue weighted by atomic mass is 9.85. The third kappa shape index (κ3) is 1.52. The van der Waals surface area contributed by atoms with E-state index in [2.05, 4.69) is 0 Å². The largest absolute Gasteiger partial charge is 0.325 e. The predicted octanol–water partition coefficient (Wildman–Crippen LogP) is -1.41. The van der Waals surface area contributed by atoms with E-state index in [1.165, 1.54) is 0 Å². The van der Waals surface area contributed by atoms with Crippen molar-refractivity contribution in [1.82, 2.24) is 5.12 Å². The summed E-state index contributed by atoms with van der Waals surface area (Å²) in [6, 6.07) is -0.105. The van der Waals surface area contributed by atoms with Crippen LogP contribution in [0.2, 0.25) is 0 Å². The van der Waals surface area contributed by atoms with E-state index in [-0.39, 0.29) is 6.04 Å². The van der Waals surface area contributed by atoms with Crippen molar-refractivity contribution < 1.29 is 0 Å². The molecule has 0 aromatic rings. The van der Waals surface area contributed by atoms with Crippen molar-refractivity contribution in [2.45, 2.75) is 37.4 Å². The summed E-state index contributed by atoms with van der Waals surface area (Å²) in [7, 11) is 0. The molecule has 0 aromatic carbocycles. The van der Waals surface area contributed by atoms with Crippen LogP contribution in [0.5, 0.6) is 0 Å². The predicted molar refractivity (Wildman–Crippen MR) is 43.6 cm³/mol. The minimum absolute atomic E-state index is 0.105. The molecule has 0 saturated heterocycles. The van der Waals surface area contributed by atoms with Gasteiger partial charge in [0.25, 0.3) is 0 Å². The Labute approximate surface area is 66.6 Å². The molecule has 8 N–H and O–H groups in total. The van der Waals surface area contributed by atoms with Gasteiger partial charge in [-0.15, -0.1) is 0 Å². The molecule has 66 valence electrons. The van der Waals surface area contributed by atoms with Gasteiger partial charge in [0.1, 0.15) is 5.66 Å². The quantitative estimate of drug-likeness (QED) is 0.214. The van der Waals surface area contributed by atoms with Crippen molar-refractivity contribution in [1.29, 1.82) is 0 Å². The molecule has 1 fully saturated rings. The third-order valence-electron chi connectivity index (χ3n) is 2.47. The normalized spacial score (nSPS) is 39.5. The van der Waals surface area contributed by atoms with E-state index in [4.69, 9.17) is 23.2 Å². The van der Waals surface area contributed by atoms with Crippen LogP contribution in [0.15, 0.2) is 0 Å². The van der Waals surface area contributed by atoms with E-state index in [0.717, 1.165) is 30.8 Å². The Morgan fingerprint density at radius 2 is 1.91 bits per heavy atom. The van der Waals surface area contributed by atoms with Gasteiger partial charge in [0.15, 0.2) is 0 Å². The summed E-state index contributed by atoms with van der Waals surface area (Å²) in [5, 5.41) is 1.05. The standard InChI is InChI=1S/C6H17N5/c7-5-3-1-2-4-6(5,8)11(9)10/h5H,1-4,7-10H2. The first-order valence-electron chi connectivity index (χ1n) is 3.91. The summed E-state index contributed by atoms with van der Waals surface area (Å²) in [4.78, 5) is 0. The molecule has 0 amide bonds. The summed E-state index contributed by atoms with van der Waals surface area (Å²) in [5.41, 5.74) is 11.0. The zero-order valence-corrected chi connectivity index (χ0v) is 6.66. The highest BCUT2D eigenvalue weighted by molar-refractivity contribution is 4.93. The van der Waals surface area contributed by atoms with Crippen molar-refractivity contribution in [2.24, 2.45) is 23.2 Å². The molecule has 11 heavy (non-hydrogen) atoms. The van der Waals surface area contributed by atoms with Gasteiger partial charge < -0.3 is 11.5 Å². The molecule has 1 aliphatic carbocycles. The van der Waals surface area contributed by atoms with E-state index >= 15 is 0 Å². The average molecular weight is 159 g/mol. The van der Waals surface area contributed by atoms with Gasteiger partial charge in [-0.25, -0.2) is 0 Å². The number of nitrogens with two attached hydrogens (primary N) is 4. The van der Waals surface area contributed by atoms with Crippen molar-refractivity contribution in [3.8, 4) is 0 Å². The van der Waals surface area contributed by atoms with E-state index in [1.54, 1.807) is 0 Å². The molecule has 0 radical (unpaired) electrons. The molecule has 5 nitrogen and oxygen atoms in total. The molecule has 0 bridgehead atoms. The number of hydrogen-bond donors (Lipinski definition) is 4. The van der Waals surface area contributed by atoms with E-state index in [9.17, 15) is 0 Å². The fraction of sp³-hybridized carbons (Fsp3) is 1.00. The molecule has 0 aliphatic heterocycles. The number of nitrogens with zero attached hydrogens (tertiary/aromatic N) is 1. The maximum Gasteiger partial charge on any atom is 0.112 e. The van der Waals surface area contributed by atoms with Crippen molar-refractivity contribution in [3.63, 3.8) is 0 Å². The number of hydrazine groups is 2. The zero-order valence-electron chi connectivity index (χ0n) is 6.66. The van der Waals surface area contributed by atoms with Crippen LogP contribution in [-0.2, 0) is 0 Å². The van der Waals surface area contributed by atoms with Gasteiger partial charge in [-0.1, -0.05) is 12.8 Å². The maximum absolute atomic E-state index is 5.90. The van der Waals surface area contributed by atoms with Crippen LogP contribution in [0, 0.1) is 0 Å². The molecule has 2 atom stereocenters. The third-order valence-corrected chi connectivity index (χ3v) is 2.47. The van der Waals surface area contributed by atoms with Crippen LogP contribution >= 0.6 is 0 Å². The van der Waals surface area contributed by atoms with Crippen LogP contribution < -0.4 is 23.2 Å². The van der Waals surface area contributed by atoms with Gasteiger partial charge in [-0.05, 0) is 12.8 Å². The highest BCUT2D eigenvalue weighted by Crippen LogP contribution is 2.24. The summed E-state index contributed by atoms with van der Waals surface area (Å²) in [6.45, 7) is 0. The Bertz CT molecular complexity index is 137. The van der Waals surface area contributed by atoms with Crippen LogP contribution in [0.3, 0.4) is 0 Å². The van der Waals surface area contributed by atoms with Crippen LogP contribution in [0.1, 0.15) is 25.7 Å². The lowest BCUT2D eigenvalue weighted by Crippen LogP contribution is -2.71. The van der Waals surface area contributed by atoms with Gasteiger partial charge in [0.05, 0.1) is 0 Å². The lowest BCUT2D eigenvalue weighted by molar-refractivity contribution is 0.0360. The zero-order chi connectivity index (χ0) is 8.48. The van der Waals surface area contributed by atoms with E-state index in [0.29, 0.717) is 0 Å². The fourth-order valence-electron chi connectivity index (χ4n) is 1.53. The van der Waals surface area contributed by atoms with Crippen LogP contribution in [0.25, 0.3) is 0 Å². The molecule has 1 aliphatic rings. The molecular formula is C6H17N5. The Hall–Kier alpha value is -0.200. The topological polar surface area (TPSA) is 107 Å². The van der Waals surface area contributed by atoms with Crippen molar-refractivity contribution >= 4 is 0 Å². The van der Waals surface area contributed by atoms with Gasteiger partial charge in [-0.3, -0.25) is 11.7 Å². The Kier molecular flexibility index (Phi) is 2.46. The molecule has 1 saturated carbocycles. The van der Waals surface area contributed by atoms with Gasteiger partial charge in [0.2, 0.25) is 0 Å². The second-order valence-corrected chi connectivity index (χ2v) is 3.25. The molecular weight excluding hydrogens is 142 g/mol. The summed E-state index contributed by atoms with van der Waals surface area (Å²) in [5.74, 6) is 10.8. The fourth-order valence-corrected chi connectivity index (χ4v) is 1.53. The van der Waals surface area contributed by atoms with E-state index < -0.39 is 5.66 Å². The Morgan fingerprint density at radius 1 is 1.27 bits per heavy atom. The van der Waals surface area contributed by atoms with E-state index in [1.807, 2.05) is 0 Å². The highest BCUT2D eigenvalue weighted by atomic mass is 15.7. The monoisotopic (exact) mass is 159 g/mol. The summed E-state index contributed by atoms with van der Waals surface area (Å²) >= 11 is 0. The van der Waals surface area contributed by atoms with Crippen LogP contribution in [-0.4, -0.2) is 16.8 Å². The van der Waals surface area contributed by atoms with Crippen molar-refractivity contribution in [2.75, 3.05) is 0 Å². The Morgan fingerprint density at radius 3 is 2.27 bits per heavy atom. The highest BCUT2D eigenvalue weighted by Gasteiger charge is 2.37. The SMILES string of the molecule is NC1CCCCC1(N)N(N)N.